The van der Waals surface area contributed by atoms with Crippen LogP contribution in [0, 0.1) is 12.3 Å². The van der Waals surface area contributed by atoms with Gasteiger partial charge in [0.2, 0.25) is 5.95 Å². The van der Waals surface area contributed by atoms with Crippen LogP contribution in [0.25, 0.3) is 0 Å². The van der Waals surface area contributed by atoms with Crippen LogP contribution in [-0.2, 0) is 19.3 Å². The first-order chi connectivity index (χ1) is 20.0. The van der Waals surface area contributed by atoms with Gasteiger partial charge in [0.25, 0.3) is 0 Å². The standard InChI is InChI=1S/C29H39ClN6O5S/c1-17(2)42(37,38)26(31)24(16-32-4)34-27-22(30)15-33-28(36-27)35-23-13-18(3)21(14-25(23)41-20-5-6-20)19-7-9-29(10-8-19)39-11-12-40-29/h13-17,19-20,31-32H,5-12H2,1-4H3,(H2,33,34,35,36)/b24-16+,31-26?. The molecule has 1 spiro atoms. The number of aryl methyl sites for hydroxylation is 1. The first-order valence-electron chi connectivity index (χ1n) is 14.4. The molecule has 4 N–H and O–H groups in total. The molecule has 0 radical (unpaired) electrons. The quantitative estimate of drug-likeness (QED) is 0.202. The van der Waals surface area contributed by atoms with Gasteiger partial charge in [-0.05, 0) is 75.6 Å². The van der Waals surface area contributed by atoms with Crippen LogP contribution >= 0.6 is 11.6 Å². The van der Waals surface area contributed by atoms with Crippen molar-refractivity contribution in [2.45, 2.75) is 82.4 Å². The Bertz CT molecular complexity index is 1460. The number of aromatic nitrogens is 2. The van der Waals surface area contributed by atoms with Gasteiger partial charge in [-0.15, -0.1) is 0 Å². The van der Waals surface area contributed by atoms with E-state index < -0.39 is 25.9 Å². The molecular formula is C29H39ClN6O5S. The van der Waals surface area contributed by atoms with Crippen LogP contribution in [0.1, 0.15) is 69.4 Å². The third kappa shape index (κ3) is 6.66. The minimum atomic E-state index is -3.85. The van der Waals surface area contributed by atoms with Crippen molar-refractivity contribution < 1.29 is 22.6 Å². The fraction of sp³-hybridized carbons (Fsp3) is 0.552. The number of nitrogens with one attached hydrogen (secondary N) is 4. The molecule has 2 aromatic rings. The van der Waals surface area contributed by atoms with E-state index in [0.29, 0.717) is 19.1 Å². The Morgan fingerprint density at radius 1 is 1.19 bits per heavy atom. The van der Waals surface area contributed by atoms with E-state index in [1.54, 1.807) is 7.05 Å². The molecule has 11 nitrogen and oxygen atoms in total. The number of anilines is 3. The largest absolute Gasteiger partial charge is 0.488 e. The summed E-state index contributed by atoms with van der Waals surface area (Å²) in [5, 5.41) is 16.1. The van der Waals surface area contributed by atoms with E-state index >= 15 is 0 Å². The van der Waals surface area contributed by atoms with Crippen LogP contribution in [-0.4, -0.2) is 60.8 Å². The summed E-state index contributed by atoms with van der Waals surface area (Å²) >= 11 is 6.38. The molecule has 3 fully saturated rings. The van der Waals surface area contributed by atoms with Crippen molar-refractivity contribution in [3.05, 3.63) is 46.4 Å². The highest BCUT2D eigenvalue weighted by atomic mass is 35.5. The van der Waals surface area contributed by atoms with Crippen molar-refractivity contribution in [1.82, 2.24) is 15.3 Å². The molecule has 1 aromatic heterocycles. The Balaban J connectivity index is 1.38. The van der Waals surface area contributed by atoms with Crippen LogP contribution in [0.2, 0.25) is 5.02 Å². The molecule has 1 saturated heterocycles. The number of ether oxygens (including phenoxy) is 3. The molecular weight excluding hydrogens is 580 g/mol. The van der Waals surface area contributed by atoms with Gasteiger partial charge in [0.1, 0.15) is 10.8 Å². The first kappa shape index (κ1) is 30.5. The SMILES string of the molecule is CN/C=C(/Nc1nc(Nc2cc(C)c(C3CCC4(CC3)OCCO4)cc2OC2CC2)ncc1Cl)C(=N)S(=O)(=O)C(C)C. The van der Waals surface area contributed by atoms with Gasteiger partial charge in [0, 0.05) is 26.1 Å². The zero-order valence-corrected chi connectivity index (χ0v) is 26.0. The number of benzene rings is 1. The number of hydrogen-bond donors (Lipinski definition) is 4. The Morgan fingerprint density at radius 2 is 1.88 bits per heavy atom. The number of sulfone groups is 1. The summed E-state index contributed by atoms with van der Waals surface area (Å²) in [6.07, 6.45) is 8.74. The van der Waals surface area contributed by atoms with E-state index in [1.807, 2.05) is 0 Å². The predicted molar refractivity (Wildman–Crippen MR) is 164 cm³/mol. The molecule has 1 aromatic carbocycles. The van der Waals surface area contributed by atoms with Crippen molar-refractivity contribution in [1.29, 1.82) is 5.41 Å². The molecule has 13 heteroatoms. The second kappa shape index (κ2) is 12.4. The summed E-state index contributed by atoms with van der Waals surface area (Å²) in [5.74, 6) is 1.12. The van der Waals surface area contributed by atoms with Gasteiger partial charge in [0.15, 0.2) is 26.5 Å². The number of hydrogen-bond acceptors (Lipinski definition) is 11. The van der Waals surface area contributed by atoms with Crippen LogP contribution in [0.15, 0.2) is 30.2 Å². The zero-order valence-electron chi connectivity index (χ0n) is 24.4. The highest BCUT2D eigenvalue weighted by molar-refractivity contribution is 8.07. The fourth-order valence-electron chi connectivity index (χ4n) is 5.31. The molecule has 0 bridgehead atoms. The second-order valence-corrected chi connectivity index (χ2v) is 14.2. The molecule has 0 unspecified atom stereocenters. The van der Waals surface area contributed by atoms with Crippen LogP contribution < -0.4 is 20.7 Å². The number of nitrogens with zero attached hydrogens (tertiary/aromatic N) is 2. The smallest absolute Gasteiger partial charge is 0.229 e. The molecule has 3 aliphatic rings. The molecule has 2 aliphatic carbocycles. The van der Waals surface area contributed by atoms with Crippen molar-refractivity contribution in [3.8, 4) is 5.75 Å². The van der Waals surface area contributed by atoms with E-state index in [9.17, 15) is 8.42 Å². The van der Waals surface area contributed by atoms with Crippen molar-refractivity contribution in [2.24, 2.45) is 0 Å². The molecule has 1 aliphatic heterocycles. The monoisotopic (exact) mass is 618 g/mol. The Labute approximate surface area is 252 Å². The van der Waals surface area contributed by atoms with E-state index in [-0.39, 0.29) is 28.6 Å². The lowest BCUT2D eigenvalue weighted by atomic mass is 9.79. The van der Waals surface area contributed by atoms with E-state index in [4.69, 9.17) is 31.2 Å². The maximum Gasteiger partial charge on any atom is 0.229 e. The predicted octanol–water partition coefficient (Wildman–Crippen LogP) is 5.40. The van der Waals surface area contributed by atoms with Crippen molar-refractivity contribution in [2.75, 3.05) is 30.9 Å². The van der Waals surface area contributed by atoms with Crippen LogP contribution in [0.3, 0.4) is 0 Å². The summed E-state index contributed by atoms with van der Waals surface area (Å²) in [6.45, 7) is 6.48. The van der Waals surface area contributed by atoms with E-state index in [1.165, 1.54) is 31.8 Å². The molecule has 2 heterocycles. The first-order valence-corrected chi connectivity index (χ1v) is 16.3. The summed E-state index contributed by atoms with van der Waals surface area (Å²) in [7, 11) is -2.23. The summed E-state index contributed by atoms with van der Waals surface area (Å²) in [6, 6.07) is 4.19. The van der Waals surface area contributed by atoms with Crippen LogP contribution in [0.5, 0.6) is 5.75 Å². The number of halogens is 1. The number of rotatable bonds is 10. The van der Waals surface area contributed by atoms with Crippen LogP contribution in [0.4, 0.5) is 17.5 Å². The lowest BCUT2D eigenvalue weighted by Crippen LogP contribution is -2.34. The van der Waals surface area contributed by atoms with Gasteiger partial charge in [0.05, 0.1) is 42.1 Å². The second-order valence-electron chi connectivity index (χ2n) is 11.3. The summed E-state index contributed by atoms with van der Waals surface area (Å²) in [4.78, 5) is 8.85. The van der Waals surface area contributed by atoms with E-state index in [0.717, 1.165) is 55.5 Å². The highest BCUT2D eigenvalue weighted by Crippen LogP contribution is 2.45. The minimum Gasteiger partial charge on any atom is -0.488 e. The maximum atomic E-state index is 12.7. The normalized spacial score (nSPS) is 19.2. The van der Waals surface area contributed by atoms with Crippen molar-refractivity contribution >= 4 is 43.9 Å². The Hall–Kier alpha value is -2.93. The topological polar surface area (TPSA) is 148 Å². The fourth-order valence-corrected chi connectivity index (χ4v) is 6.34. The average Bonchev–Trinajstić information content (AvgIpc) is 3.67. The third-order valence-corrected chi connectivity index (χ3v) is 10.2. The van der Waals surface area contributed by atoms with Gasteiger partial charge in [-0.1, -0.05) is 11.6 Å². The van der Waals surface area contributed by atoms with Crippen molar-refractivity contribution in [3.63, 3.8) is 0 Å². The summed E-state index contributed by atoms with van der Waals surface area (Å²) in [5.41, 5.74) is 3.13. The zero-order chi connectivity index (χ0) is 30.1. The van der Waals surface area contributed by atoms with Gasteiger partial charge in [-0.2, -0.15) is 4.98 Å². The molecule has 5 rings (SSSR count). The Kier molecular flexibility index (Phi) is 8.98. The Morgan fingerprint density at radius 3 is 2.50 bits per heavy atom. The maximum absolute atomic E-state index is 12.7. The van der Waals surface area contributed by atoms with Gasteiger partial charge < -0.3 is 30.2 Å². The highest BCUT2D eigenvalue weighted by Gasteiger charge is 2.41. The minimum absolute atomic E-state index is 0.0124. The lowest BCUT2D eigenvalue weighted by Gasteiger charge is -2.36. The van der Waals surface area contributed by atoms with Gasteiger partial charge in [-0.3, -0.25) is 5.41 Å². The third-order valence-electron chi connectivity index (χ3n) is 7.87. The van der Waals surface area contributed by atoms with Gasteiger partial charge in [-0.25, -0.2) is 13.4 Å². The molecule has 0 atom stereocenters. The average molecular weight is 619 g/mol. The summed E-state index contributed by atoms with van der Waals surface area (Å²) < 4.78 is 43.5. The molecule has 2 saturated carbocycles. The van der Waals surface area contributed by atoms with Gasteiger partial charge >= 0.3 is 0 Å². The lowest BCUT2D eigenvalue weighted by molar-refractivity contribution is -0.178. The molecule has 228 valence electrons. The van der Waals surface area contributed by atoms with E-state index in [2.05, 4.69) is 45.0 Å². The molecule has 42 heavy (non-hydrogen) atoms. The molecule has 0 amide bonds.